The standard InChI is InChI=1S/C15H22O4.2C10H16O4/c1-5-15(3,4)14(17)19-11-8-6-9-10(7(8)2)13(16)18-12(9)11;1-4-10(2,3)9(12)14-7-5-8(11)13-6-7;1-4-10(2,3)9(12)14-7-5-6-13-8(7)11/h7-12H,5-6H2,1-4H3;2*7H,4-6H2,1-3H3. The Morgan fingerprint density at radius 2 is 1.28 bits per heavy atom. The van der Waals surface area contributed by atoms with E-state index in [2.05, 4.69) is 6.92 Å². The van der Waals surface area contributed by atoms with Gasteiger partial charge in [0.25, 0.3) is 0 Å². The molecule has 0 amide bonds. The van der Waals surface area contributed by atoms with Crippen LogP contribution in [0.15, 0.2) is 0 Å². The SMILES string of the molecule is CCC(C)(C)C(=O)OC1C2CC3C1OC(=O)C3C2C.CCC(C)(C)C(=O)OC1CCOC1=O.CCC(C)(C)C(=O)OC1COC(=O)C1. The van der Waals surface area contributed by atoms with Crippen molar-refractivity contribution in [3.05, 3.63) is 0 Å². The molecular weight excluding hydrogens is 612 g/mol. The van der Waals surface area contributed by atoms with Crippen LogP contribution in [0.25, 0.3) is 0 Å². The first-order valence-electron chi connectivity index (χ1n) is 17.0. The lowest BCUT2D eigenvalue weighted by Gasteiger charge is -2.32. The number of hydrogen-bond acceptors (Lipinski definition) is 12. The summed E-state index contributed by atoms with van der Waals surface area (Å²) in [5.41, 5.74) is -1.47. The van der Waals surface area contributed by atoms with Gasteiger partial charge in [-0.2, -0.15) is 0 Å². The summed E-state index contributed by atoms with van der Waals surface area (Å²) in [6, 6.07) is 0. The van der Waals surface area contributed by atoms with E-state index in [-0.39, 0.29) is 78.9 Å². The number of hydrogen-bond donors (Lipinski definition) is 0. The summed E-state index contributed by atoms with van der Waals surface area (Å²) < 4.78 is 30.8. The molecule has 8 atom stereocenters. The van der Waals surface area contributed by atoms with E-state index < -0.39 is 28.3 Å². The van der Waals surface area contributed by atoms with Gasteiger partial charge in [0, 0.05) is 18.3 Å². The van der Waals surface area contributed by atoms with Gasteiger partial charge in [-0.15, -0.1) is 0 Å². The average molecular weight is 667 g/mol. The van der Waals surface area contributed by atoms with Gasteiger partial charge in [-0.05, 0) is 73.1 Å². The van der Waals surface area contributed by atoms with Crippen LogP contribution in [0.2, 0.25) is 0 Å². The average Bonchev–Trinajstić information content (AvgIpc) is 3.82. The first kappa shape index (κ1) is 38.3. The highest BCUT2D eigenvalue weighted by atomic mass is 16.6. The molecule has 0 spiro atoms. The van der Waals surface area contributed by atoms with Crippen molar-refractivity contribution in [2.45, 2.75) is 132 Å². The van der Waals surface area contributed by atoms with E-state index in [1.54, 1.807) is 13.8 Å². The third kappa shape index (κ3) is 8.65. The van der Waals surface area contributed by atoms with Gasteiger partial charge in [0.1, 0.15) is 24.9 Å². The lowest BCUT2D eigenvalue weighted by Crippen LogP contribution is -2.42. The van der Waals surface area contributed by atoms with Crippen molar-refractivity contribution < 1.29 is 57.2 Å². The maximum Gasteiger partial charge on any atom is 0.347 e. The molecule has 0 aromatic heterocycles. The molecule has 3 heterocycles. The van der Waals surface area contributed by atoms with E-state index in [1.165, 1.54) is 0 Å². The van der Waals surface area contributed by atoms with Gasteiger partial charge in [0.05, 0.1) is 35.2 Å². The van der Waals surface area contributed by atoms with E-state index in [1.807, 2.05) is 48.5 Å². The number of cyclic esters (lactones) is 2. The fourth-order valence-electron chi connectivity index (χ4n) is 5.97. The van der Waals surface area contributed by atoms with E-state index in [4.69, 9.17) is 28.4 Å². The molecule has 266 valence electrons. The Labute approximate surface area is 278 Å². The number of esters is 6. The highest BCUT2D eigenvalue weighted by molar-refractivity contribution is 5.83. The highest BCUT2D eigenvalue weighted by Crippen LogP contribution is 2.58. The molecule has 5 rings (SSSR count). The zero-order valence-corrected chi connectivity index (χ0v) is 29.7. The number of rotatable bonds is 9. The highest BCUT2D eigenvalue weighted by Gasteiger charge is 2.66. The van der Waals surface area contributed by atoms with Crippen LogP contribution in [0.5, 0.6) is 0 Å². The molecule has 2 aliphatic carbocycles. The van der Waals surface area contributed by atoms with Crippen molar-refractivity contribution in [3.63, 3.8) is 0 Å². The topological polar surface area (TPSA) is 158 Å². The van der Waals surface area contributed by atoms with E-state index in [0.717, 1.165) is 12.8 Å². The molecule has 8 unspecified atom stereocenters. The minimum atomic E-state index is -0.687. The van der Waals surface area contributed by atoms with E-state index >= 15 is 0 Å². The van der Waals surface area contributed by atoms with Crippen LogP contribution in [-0.4, -0.2) is 73.4 Å². The molecule has 2 saturated carbocycles. The molecule has 3 aliphatic heterocycles. The van der Waals surface area contributed by atoms with Crippen molar-refractivity contribution in [1.82, 2.24) is 0 Å². The number of carbonyl (C=O) groups excluding carboxylic acids is 6. The largest absolute Gasteiger partial charge is 0.463 e. The minimum Gasteiger partial charge on any atom is -0.463 e. The zero-order valence-electron chi connectivity index (χ0n) is 29.7. The Bertz CT molecular complexity index is 1200. The molecule has 5 fully saturated rings. The predicted octanol–water partition coefficient (Wildman–Crippen LogP) is 4.72. The normalized spacial score (nSPS) is 30.6. The maximum atomic E-state index is 12.2. The Balaban J connectivity index is 0.000000196. The van der Waals surface area contributed by atoms with Crippen molar-refractivity contribution >= 4 is 35.8 Å². The summed E-state index contributed by atoms with van der Waals surface area (Å²) in [5.74, 6) is -0.673. The fraction of sp³-hybridized carbons (Fsp3) is 0.829. The predicted molar refractivity (Wildman–Crippen MR) is 167 cm³/mol. The van der Waals surface area contributed by atoms with Gasteiger partial charge >= 0.3 is 35.8 Å². The Morgan fingerprint density at radius 1 is 0.745 bits per heavy atom. The Kier molecular flexibility index (Phi) is 12.2. The molecule has 3 saturated heterocycles. The number of carbonyl (C=O) groups is 6. The summed E-state index contributed by atoms with van der Waals surface area (Å²) in [4.78, 5) is 69.0. The van der Waals surface area contributed by atoms with Crippen LogP contribution in [0, 0.1) is 39.9 Å². The van der Waals surface area contributed by atoms with Crippen LogP contribution >= 0.6 is 0 Å². The Morgan fingerprint density at radius 3 is 1.74 bits per heavy atom. The van der Waals surface area contributed by atoms with Gasteiger partial charge in [-0.3, -0.25) is 24.0 Å². The van der Waals surface area contributed by atoms with Crippen LogP contribution in [0.4, 0.5) is 0 Å². The summed E-state index contributed by atoms with van der Waals surface area (Å²) in [6.07, 6.45) is 2.30. The minimum absolute atomic E-state index is 0.0455. The fourth-order valence-corrected chi connectivity index (χ4v) is 5.97. The first-order chi connectivity index (χ1) is 21.8. The second-order valence-corrected chi connectivity index (χ2v) is 15.2. The van der Waals surface area contributed by atoms with Crippen molar-refractivity contribution in [2.24, 2.45) is 39.9 Å². The summed E-state index contributed by atoms with van der Waals surface area (Å²) in [6.45, 7) is 19.5. The molecule has 0 radical (unpaired) electrons. The molecule has 47 heavy (non-hydrogen) atoms. The second kappa shape index (κ2) is 14.9. The summed E-state index contributed by atoms with van der Waals surface area (Å²) in [7, 11) is 0. The van der Waals surface area contributed by atoms with E-state index in [0.29, 0.717) is 31.8 Å². The van der Waals surface area contributed by atoms with Gasteiger partial charge < -0.3 is 28.4 Å². The molecular formula is C35H54O12. The van der Waals surface area contributed by atoms with Crippen molar-refractivity contribution in [3.8, 4) is 0 Å². The zero-order chi connectivity index (χ0) is 35.5. The third-order valence-electron chi connectivity index (χ3n) is 10.7. The molecule has 12 heteroatoms. The number of ether oxygens (including phenoxy) is 6. The van der Waals surface area contributed by atoms with Crippen LogP contribution in [-0.2, 0) is 57.2 Å². The lowest BCUT2D eigenvalue weighted by atomic mass is 9.79. The lowest BCUT2D eigenvalue weighted by molar-refractivity contribution is -0.171. The number of fused-ring (bicyclic) bond motifs is 1. The van der Waals surface area contributed by atoms with Crippen LogP contribution in [0.1, 0.15) is 108 Å². The molecule has 12 nitrogen and oxygen atoms in total. The van der Waals surface area contributed by atoms with Gasteiger partial charge in [0.15, 0.2) is 0 Å². The van der Waals surface area contributed by atoms with Gasteiger partial charge in [-0.25, -0.2) is 4.79 Å². The summed E-state index contributed by atoms with van der Waals surface area (Å²) >= 11 is 0. The monoisotopic (exact) mass is 666 g/mol. The van der Waals surface area contributed by atoms with Gasteiger partial charge in [-0.1, -0.05) is 27.7 Å². The molecule has 0 aromatic carbocycles. The maximum absolute atomic E-state index is 12.2. The molecule has 5 aliphatic rings. The Hall–Kier alpha value is -3.18. The van der Waals surface area contributed by atoms with Crippen molar-refractivity contribution in [2.75, 3.05) is 13.2 Å². The van der Waals surface area contributed by atoms with E-state index in [9.17, 15) is 28.8 Å². The summed E-state index contributed by atoms with van der Waals surface area (Å²) in [5, 5.41) is 0. The van der Waals surface area contributed by atoms with Gasteiger partial charge in [0.2, 0.25) is 6.10 Å². The third-order valence-corrected chi connectivity index (χ3v) is 10.7. The second-order valence-electron chi connectivity index (χ2n) is 15.2. The molecule has 0 N–H and O–H groups in total. The van der Waals surface area contributed by atoms with Crippen molar-refractivity contribution in [1.29, 1.82) is 0 Å². The molecule has 2 bridgehead atoms. The smallest absolute Gasteiger partial charge is 0.347 e. The van der Waals surface area contributed by atoms with Crippen LogP contribution in [0.3, 0.4) is 0 Å². The quantitative estimate of drug-likeness (QED) is 0.247. The first-order valence-corrected chi connectivity index (χ1v) is 17.0. The van der Waals surface area contributed by atoms with Crippen LogP contribution < -0.4 is 0 Å². The molecule has 0 aromatic rings.